The second kappa shape index (κ2) is 3.37. The average Bonchev–Trinajstić information content (AvgIpc) is 1.93. The molecule has 0 aromatic heterocycles. The third-order valence-corrected chi connectivity index (χ3v) is 1.12. The molecule has 0 aliphatic carbocycles. The van der Waals surface area contributed by atoms with Crippen LogP contribution >= 0.6 is 0 Å². The van der Waals surface area contributed by atoms with Crippen LogP contribution in [0.2, 0.25) is 0 Å². The van der Waals surface area contributed by atoms with Gasteiger partial charge in [-0.3, -0.25) is 0 Å². The molecule has 1 aromatic carbocycles. The predicted octanol–water partition coefficient (Wildman–Crippen LogP) is 2.41. The van der Waals surface area contributed by atoms with Gasteiger partial charge in [0.25, 0.3) is 0 Å². The zero-order valence-electron chi connectivity index (χ0n) is 6.60. The minimum Gasteiger partial charge on any atom is -0.491 e. The summed E-state index contributed by atoms with van der Waals surface area (Å²) in [5.41, 5.74) is 0. The van der Waals surface area contributed by atoms with Crippen LogP contribution in [0.5, 0.6) is 5.75 Å². The van der Waals surface area contributed by atoms with E-state index in [2.05, 4.69) is 6.07 Å². The van der Waals surface area contributed by atoms with Crippen LogP contribution in [0.25, 0.3) is 0 Å². The molecule has 1 radical (unpaired) electrons. The standard InChI is InChI=1S/C9H10FO/c1-7(2)11-9-5-3-8(10)4-6-9/h3,5-7H,1-2H3. The Morgan fingerprint density at radius 3 is 2.64 bits per heavy atom. The van der Waals surface area contributed by atoms with Crippen LogP contribution in [0, 0.1) is 11.9 Å². The average molecular weight is 153 g/mol. The Morgan fingerprint density at radius 1 is 1.45 bits per heavy atom. The van der Waals surface area contributed by atoms with E-state index in [9.17, 15) is 4.39 Å². The third-order valence-electron chi connectivity index (χ3n) is 1.12. The quantitative estimate of drug-likeness (QED) is 0.634. The van der Waals surface area contributed by atoms with E-state index < -0.39 is 0 Å². The van der Waals surface area contributed by atoms with Gasteiger partial charge in [0.05, 0.1) is 6.10 Å². The monoisotopic (exact) mass is 153 g/mol. The molecule has 0 atom stereocenters. The van der Waals surface area contributed by atoms with Gasteiger partial charge in [0, 0.05) is 6.07 Å². The molecule has 0 heterocycles. The lowest BCUT2D eigenvalue weighted by Gasteiger charge is -2.08. The highest BCUT2D eigenvalue weighted by Gasteiger charge is 1.96. The van der Waals surface area contributed by atoms with Gasteiger partial charge >= 0.3 is 0 Å². The van der Waals surface area contributed by atoms with Crippen molar-refractivity contribution in [3.63, 3.8) is 0 Å². The number of benzene rings is 1. The molecule has 1 rings (SSSR count). The summed E-state index contributed by atoms with van der Waals surface area (Å²) in [5, 5.41) is 0. The minimum absolute atomic E-state index is 0.119. The molecule has 1 nitrogen and oxygen atoms in total. The molecule has 0 unspecified atom stereocenters. The summed E-state index contributed by atoms with van der Waals surface area (Å²) in [6.07, 6.45) is 0.119. The van der Waals surface area contributed by atoms with Crippen molar-refractivity contribution >= 4 is 0 Å². The lowest BCUT2D eigenvalue weighted by atomic mass is 10.3. The van der Waals surface area contributed by atoms with Crippen molar-refractivity contribution in [2.75, 3.05) is 0 Å². The number of rotatable bonds is 2. The molecular formula is C9H10FO. The summed E-state index contributed by atoms with van der Waals surface area (Å²) in [4.78, 5) is 0. The Kier molecular flexibility index (Phi) is 2.47. The first-order valence-corrected chi connectivity index (χ1v) is 3.52. The summed E-state index contributed by atoms with van der Waals surface area (Å²) >= 11 is 0. The van der Waals surface area contributed by atoms with Crippen LogP contribution in [-0.4, -0.2) is 6.10 Å². The molecule has 0 N–H and O–H groups in total. The van der Waals surface area contributed by atoms with E-state index in [1.165, 1.54) is 12.1 Å². The van der Waals surface area contributed by atoms with Gasteiger partial charge in [0.1, 0.15) is 11.6 Å². The largest absolute Gasteiger partial charge is 0.491 e. The number of halogens is 1. The van der Waals surface area contributed by atoms with E-state index >= 15 is 0 Å². The van der Waals surface area contributed by atoms with Gasteiger partial charge in [-0.2, -0.15) is 0 Å². The number of ether oxygens (including phenoxy) is 1. The van der Waals surface area contributed by atoms with Crippen molar-refractivity contribution in [3.05, 3.63) is 30.1 Å². The van der Waals surface area contributed by atoms with Crippen molar-refractivity contribution in [2.24, 2.45) is 0 Å². The van der Waals surface area contributed by atoms with Crippen LogP contribution in [0.15, 0.2) is 18.2 Å². The van der Waals surface area contributed by atoms with Crippen molar-refractivity contribution in [1.29, 1.82) is 0 Å². The summed E-state index contributed by atoms with van der Waals surface area (Å²) in [5.74, 6) is 0.294. The fourth-order valence-corrected chi connectivity index (χ4v) is 0.737. The molecule has 0 aliphatic rings. The highest BCUT2D eigenvalue weighted by Crippen LogP contribution is 2.11. The molecule has 59 valence electrons. The highest BCUT2D eigenvalue weighted by molar-refractivity contribution is 5.21. The summed E-state index contributed by atoms with van der Waals surface area (Å²) in [6.45, 7) is 3.84. The predicted molar refractivity (Wildman–Crippen MR) is 41.0 cm³/mol. The van der Waals surface area contributed by atoms with E-state index in [4.69, 9.17) is 4.74 Å². The first kappa shape index (κ1) is 8.05. The van der Waals surface area contributed by atoms with E-state index in [0.29, 0.717) is 5.75 Å². The molecule has 0 fully saturated rings. The first-order valence-electron chi connectivity index (χ1n) is 3.52. The lowest BCUT2D eigenvalue weighted by Crippen LogP contribution is -2.05. The van der Waals surface area contributed by atoms with Gasteiger partial charge in [-0.05, 0) is 32.0 Å². The van der Waals surface area contributed by atoms with Crippen LogP contribution in [0.3, 0.4) is 0 Å². The van der Waals surface area contributed by atoms with E-state index in [1.807, 2.05) is 13.8 Å². The molecule has 0 amide bonds. The van der Waals surface area contributed by atoms with Crippen LogP contribution < -0.4 is 4.74 Å². The van der Waals surface area contributed by atoms with Gasteiger partial charge in [-0.25, -0.2) is 4.39 Å². The second-order valence-corrected chi connectivity index (χ2v) is 2.54. The topological polar surface area (TPSA) is 9.23 Å². The van der Waals surface area contributed by atoms with Gasteiger partial charge < -0.3 is 4.74 Å². The van der Waals surface area contributed by atoms with Crippen LogP contribution in [0.4, 0.5) is 4.39 Å². The van der Waals surface area contributed by atoms with E-state index in [1.54, 1.807) is 6.07 Å². The summed E-state index contributed by atoms with van der Waals surface area (Å²) < 4.78 is 17.6. The number of hydrogen-bond donors (Lipinski definition) is 0. The van der Waals surface area contributed by atoms with Crippen LogP contribution in [0.1, 0.15) is 13.8 Å². The van der Waals surface area contributed by atoms with Crippen molar-refractivity contribution in [1.82, 2.24) is 0 Å². The van der Waals surface area contributed by atoms with Crippen molar-refractivity contribution in [3.8, 4) is 5.75 Å². The Labute approximate surface area is 65.8 Å². The van der Waals surface area contributed by atoms with Gasteiger partial charge in [0.2, 0.25) is 0 Å². The molecule has 1 aromatic rings. The highest BCUT2D eigenvalue weighted by atomic mass is 19.1. The molecule has 0 bridgehead atoms. The maximum absolute atomic E-state index is 12.3. The number of hydrogen-bond acceptors (Lipinski definition) is 1. The Morgan fingerprint density at radius 2 is 2.18 bits per heavy atom. The van der Waals surface area contributed by atoms with Gasteiger partial charge in [0.15, 0.2) is 0 Å². The summed E-state index contributed by atoms with van der Waals surface area (Å²) in [7, 11) is 0. The fourth-order valence-electron chi connectivity index (χ4n) is 0.737. The SMILES string of the molecule is CC(C)Oc1c[c]c(F)cc1. The second-order valence-electron chi connectivity index (χ2n) is 2.54. The van der Waals surface area contributed by atoms with Gasteiger partial charge in [-0.15, -0.1) is 0 Å². The zero-order chi connectivity index (χ0) is 8.27. The molecule has 2 heteroatoms. The van der Waals surface area contributed by atoms with Gasteiger partial charge in [-0.1, -0.05) is 0 Å². The van der Waals surface area contributed by atoms with Crippen molar-refractivity contribution < 1.29 is 9.13 Å². The first-order chi connectivity index (χ1) is 5.18. The maximum atomic E-state index is 12.3. The molecule has 0 saturated carbocycles. The van der Waals surface area contributed by atoms with E-state index in [0.717, 1.165) is 0 Å². The smallest absolute Gasteiger partial charge is 0.131 e. The zero-order valence-corrected chi connectivity index (χ0v) is 6.60. The summed E-state index contributed by atoms with van der Waals surface area (Å²) in [6, 6.07) is 6.83. The molecular weight excluding hydrogens is 143 g/mol. The third kappa shape index (κ3) is 2.58. The fraction of sp³-hybridized carbons (Fsp3) is 0.333. The van der Waals surface area contributed by atoms with Crippen LogP contribution in [-0.2, 0) is 0 Å². The van der Waals surface area contributed by atoms with E-state index in [-0.39, 0.29) is 11.9 Å². The molecule has 11 heavy (non-hydrogen) atoms. The molecule has 0 saturated heterocycles. The Balaban J connectivity index is 2.66. The normalized spacial score (nSPS) is 10.2. The van der Waals surface area contributed by atoms with Crippen molar-refractivity contribution in [2.45, 2.75) is 20.0 Å². The maximum Gasteiger partial charge on any atom is 0.131 e. The Bertz CT molecular complexity index is 216. The molecule has 0 spiro atoms. The molecule has 0 aliphatic heterocycles. The lowest BCUT2D eigenvalue weighted by molar-refractivity contribution is 0.242. The Hall–Kier alpha value is -1.05. The minimum atomic E-state index is -0.360.